The number of hydrogen-bond acceptors (Lipinski definition) is 2. The monoisotopic (exact) mass is 325 g/mol. The second-order valence-electron chi connectivity index (χ2n) is 4.85. The Morgan fingerprint density at radius 3 is 2.71 bits per heavy atom. The van der Waals surface area contributed by atoms with E-state index in [0.717, 1.165) is 11.6 Å². The van der Waals surface area contributed by atoms with Gasteiger partial charge in [-0.1, -0.05) is 24.3 Å². The van der Waals surface area contributed by atoms with Gasteiger partial charge in [-0.3, -0.25) is 4.31 Å². The van der Waals surface area contributed by atoms with Crippen LogP contribution in [-0.4, -0.2) is 15.0 Å². The summed E-state index contributed by atoms with van der Waals surface area (Å²) in [4.78, 5) is -0.322. The quantitative estimate of drug-likeness (QED) is 0.812. The van der Waals surface area contributed by atoms with E-state index in [2.05, 4.69) is 0 Å². The third-order valence-corrected chi connectivity index (χ3v) is 5.70. The number of rotatable bonds is 3. The second kappa shape index (κ2) is 5.31. The minimum absolute atomic E-state index is 0.138. The Morgan fingerprint density at radius 2 is 1.95 bits per heavy atom. The smallest absolute Gasteiger partial charge is 0.266 e. The second-order valence-corrected chi connectivity index (χ2v) is 6.95. The first-order valence-electron chi connectivity index (χ1n) is 6.49. The predicted molar refractivity (Wildman–Crippen MR) is 80.6 cm³/mol. The Morgan fingerprint density at radius 1 is 1.19 bits per heavy atom. The molecule has 0 bridgehead atoms. The highest BCUT2D eigenvalue weighted by Crippen LogP contribution is 2.33. The fraction of sp³-hybridized carbons (Fsp3) is 0.200. The number of nitrogens with zero attached hydrogens (tertiary/aromatic N) is 1. The first-order chi connectivity index (χ1) is 10.0. The van der Waals surface area contributed by atoms with Crippen LogP contribution in [0.1, 0.15) is 11.1 Å². The summed E-state index contributed by atoms with van der Waals surface area (Å²) in [5.74, 6) is -0.618. The summed E-state index contributed by atoms with van der Waals surface area (Å²) < 4.78 is 40.7. The number of sulfonamides is 1. The molecule has 1 aliphatic rings. The summed E-state index contributed by atoms with van der Waals surface area (Å²) in [6, 6.07) is 11.2. The van der Waals surface area contributed by atoms with E-state index in [4.69, 9.17) is 11.6 Å². The van der Waals surface area contributed by atoms with Crippen LogP contribution in [0.4, 0.5) is 10.1 Å². The van der Waals surface area contributed by atoms with Crippen molar-refractivity contribution in [2.45, 2.75) is 17.2 Å². The van der Waals surface area contributed by atoms with Crippen LogP contribution in [-0.2, 0) is 22.3 Å². The third kappa shape index (κ3) is 2.40. The van der Waals surface area contributed by atoms with Crippen molar-refractivity contribution in [2.24, 2.45) is 0 Å². The molecule has 0 radical (unpaired) electrons. The highest BCUT2D eigenvalue weighted by atomic mass is 35.5. The number of hydrogen-bond donors (Lipinski definition) is 0. The van der Waals surface area contributed by atoms with Crippen molar-refractivity contribution in [3.8, 4) is 0 Å². The van der Waals surface area contributed by atoms with Gasteiger partial charge in [-0.05, 0) is 35.7 Å². The SMILES string of the molecule is O=S(=O)(c1cc(CCl)ccc1F)N1CCc2ccccc21. The minimum atomic E-state index is -3.92. The van der Waals surface area contributed by atoms with Crippen molar-refractivity contribution in [2.75, 3.05) is 10.8 Å². The first kappa shape index (κ1) is 14.4. The van der Waals surface area contributed by atoms with Crippen molar-refractivity contribution < 1.29 is 12.8 Å². The van der Waals surface area contributed by atoms with Crippen molar-refractivity contribution in [1.29, 1.82) is 0 Å². The molecule has 0 aliphatic carbocycles. The maximum absolute atomic E-state index is 14.0. The number of halogens is 2. The van der Waals surface area contributed by atoms with Gasteiger partial charge in [0.25, 0.3) is 10.0 Å². The van der Waals surface area contributed by atoms with Gasteiger partial charge in [0.05, 0.1) is 5.69 Å². The van der Waals surface area contributed by atoms with Crippen LogP contribution < -0.4 is 4.31 Å². The molecule has 1 aliphatic heterocycles. The lowest BCUT2D eigenvalue weighted by Gasteiger charge is -2.20. The average molecular weight is 326 g/mol. The van der Waals surface area contributed by atoms with Gasteiger partial charge in [0.2, 0.25) is 0 Å². The predicted octanol–water partition coefficient (Wildman–Crippen LogP) is 3.32. The number of anilines is 1. The molecule has 0 saturated heterocycles. The molecule has 2 aromatic rings. The topological polar surface area (TPSA) is 37.4 Å². The molecule has 1 heterocycles. The fourth-order valence-electron chi connectivity index (χ4n) is 2.50. The van der Waals surface area contributed by atoms with Crippen molar-refractivity contribution >= 4 is 27.3 Å². The van der Waals surface area contributed by atoms with Crippen LogP contribution in [0.2, 0.25) is 0 Å². The molecule has 0 amide bonds. The zero-order valence-corrected chi connectivity index (χ0v) is 12.7. The summed E-state index contributed by atoms with van der Waals surface area (Å²) in [6.07, 6.45) is 0.631. The molecule has 110 valence electrons. The number of para-hydroxylation sites is 1. The Hall–Kier alpha value is -1.59. The van der Waals surface area contributed by atoms with Gasteiger partial charge in [-0.15, -0.1) is 11.6 Å². The Bertz CT molecular complexity index is 792. The standard InChI is InChI=1S/C15H13ClFNO2S/c16-10-11-5-6-13(17)15(9-11)21(19,20)18-8-7-12-3-1-2-4-14(12)18/h1-6,9H,7-8,10H2. The van der Waals surface area contributed by atoms with E-state index in [1.54, 1.807) is 12.1 Å². The van der Waals surface area contributed by atoms with Crippen LogP contribution in [0, 0.1) is 5.82 Å². The first-order valence-corrected chi connectivity index (χ1v) is 8.46. The van der Waals surface area contributed by atoms with Gasteiger partial charge in [0.1, 0.15) is 10.7 Å². The van der Waals surface area contributed by atoms with Gasteiger partial charge < -0.3 is 0 Å². The van der Waals surface area contributed by atoms with E-state index >= 15 is 0 Å². The summed E-state index contributed by atoms with van der Waals surface area (Å²) in [5.41, 5.74) is 2.15. The lowest BCUT2D eigenvalue weighted by atomic mass is 10.2. The van der Waals surface area contributed by atoms with Crippen LogP contribution in [0.5, 0.6) is 0 Å². The lowest BCUT2D eigenvalue weighted by molar-refractivity contribution is 0.564. The molecular formula is C15H13ClFNO2S. The molecule has 3 nitrogen and oxygen atoms in total. The number of alkyl halides is 1. The summed E-state index contributed by atoms with van der Waals surface area (Å²) >= 11 is 5.71. The Labute approximate surface area is 128 Å². The van der Waals surface area contributed by atoms with E-state index in [0.29, 0.717) is 24.2 Å². The van der Waals surface area contributed by atoms with E-state index in [-0.39, 0.29) is 10.8 Å². The van der Waals surface area contributed by atoms with Crippen molar-refractivity contribution in [3.05, 3.63) is 59.4 Å². The molecule has 6 heteroatoms. The summed E-state index contributed by atoms with van der Waals surface area (Å²) in [5, 5.41) is 0. The largest absolute Gasteiger partial charge is 0.267 e. The Balaban J connectivity index is 2.10. The van der Waals surface area contributed by atoms with Gasteiger partial charge in [0, 0.05) is 12.4 Å². The van der Waals surface area contributed by atoms with E-state index < -0.39 is 15.8 Å². The molecule has 0 N–H and O–H groups in total. The maximum atomic E-state index is 14.0. The number of fused-ring (bicyclic) bond motifs is 1. The summed E-state index contributed by atoms with van der Waals surface area (Å²) in [6.45, 7) is 0.326. The molecule has 0 saturated carbocycles. The van der Waals surface area contributed by atoms with E-state index in [9.17, 15) is 12.8 Å². The maximum Gasteiger partial charge on any atom is 0.267 e. The van der Waals surface area contributed by atoms with Gasteiger partial charge in [-0.25, -0.2) is 12.8 Å². The molecule has 2 aromatic carbocycles. The highest BCUT2D eigenvalue weighted by Gasteiger charge is 2.32. The molecule has 0 aromatic heterocycles. The van der Waals surface area contributed by atoms with Crippen LogP contribution >= 0.6 is 11.6 Å². The summed E-state index contributed by atoms with van der Waals surface area (Å²) in [7, 11) is -3.92. The molecule has 0 spiro atoms. The third-order valence-electron chi connectivity index (χ3n) is 3.56. The van der Waals surface area contributed by atoms with Crippen LogP contribution in [0.15, 0.2) is 47.4 Å². The average Bonchev–Trinajstić information content (AvgIpc) is 2.92. The zero-order chi connectivity index (χ0) is 15.0. The number of benzene rings is 2. The molecule has 0 fully saturated rings. The van der Waals surface area contributed by atoms with Crippen molar-refractivity contribution in [3.63, 3.8) is 0 Å². The normalized spacial score (nSPS) is 14.3. The molecular weight excluding hydrogens is 313 g/mol. The molecule has 0 unspecified atom stereocenters. The van der Waals surface area contributed by atoms with Crippen molar-refractivity contribution in [1.82, 2.24) is 0 Å². The van der Waals surface area contributed by atoms with Gasteiger partial charge in [0.15, 0.2) is 0 Å². The lowest BCUT2D eigenvalue weighted by Crippen LogP contribution is -2.29. The fourth-order valence-corrected chi connectivity index (χ4v) is 4.29. The van der Waals surface area contributed by atoms with E-state index in [1.807, 2.05) is 12.1 Å². The zero-order valence-electron chi connectivity index (χ0n) is 11.1. The Kier molecular flexibility index (Phi) is 3.63. The van der Waals surface area contributed by atoms with E-state index in [1.165, 1.54) is 16.4 Å². The highest BCUT2D eigenvalue weighted by molar-refractivity contribution is 7.92. The molecule has 3 rings (SSSR count). The van der Waals surface area contributed by atoms with Crippen LogP contribution in [0.25, 0.3) is 0 Å². The van der Waals surface area contributed by atoms with Gasteiger partial charge in [-0.2, -0.15) is 0 Å². The molecule has 21 heavy (non-hydrogen) atoms. The minimum Gasteiger partial charge on any atom is -0.266 e. The van der Waals surface area contributed by atoms with Gasteiger partial charge >= 0.3 is 0 Å². The van der Waals surface area contributed by atoms with Crippen LogP contribution in [0.3, 0.4) is 0 Å². The molecule has 0 atom stereocenters.